The van der Waals surface area contributed by atoms with Crippen LogP contribution in [0.2, 0.25) is 0 Å². The SMILES string of the molecule is Cc1c(O[C@H]2C[C@H](c3ccccc3)C2)ccnc1NN. The molecule has 3 N–H and O–H groups in total. The van der Waals surface area contributed by atoms with Crippen LogP contribution in [-0.4, -0.2) is 11.1 Å². The van der Waals surface area contributed by atoms with Gasteiger partial charge in [0.1, 0.15) is 11.6 Å². The Morgan fingerprint density at radius 1 is 1.20 bits per heavy atom. The lowest BCUT2D eigenvalue weighted by Gasteiger charge is -2.36. The summed E-state index contributed by atoms with van der Waals surface area (Å²) in [5.41, 5.74) is 4.95. The van der Waals surface area contributed by atoms with Gasteiger partial charge in [0, 0.05) is 11.8 Å². The Bertz CT molecular complexity index is 580. The van der Waals surface area contributed by atoms with Crippen molar-refractivity contribution in [1.82, 2.24) is 4.98 Å². The van der Waals surface area contributed by atoms with Crippen molar-refractivity contribution in [3.8, 4) is 5.75 Å². The van der Waals surface area contributed by atoms with Crippen LogP contribution in [0, 0.1) is 6.92 Å². The summed E-state index contributed by atoms with van der Waals surface area (Å²) in [4.78, 5) is 4.15. The standard InChI is InChI=1S/C16H19N3O/c1-11-15(7-8-18-16(11)19-17)20-14-9-13(10-14)12-5-3-2-4-6-12/h2-8,13-14H,9-10,17H2,1H3,(H,18,19)/t13-,14-. The molecule has 4 heteroatoms. The average Bonchev–Trinajstić information content (AvgIpc) is 2.45. The summed E-state index contributed by atoms with van der Waals surface area (Å²) in [6, 6.07) is 12.5. The van der Waals surface area contributed by atoms with E-state index >= 15 is 0 Å². The zero-order valence-corrected chi connectivity index (χ0v) is 11.5. The highest BCUT2D eigenvalue weighted by molar-refractivity contribution is 5.49. The van der Waals surface area contributed by atoms with Crippen molar-refractivity contribution in [2.45, 2.75) is 31.8 Å². The number of rotatable bonds is 4. The average molecular weight is 269 g/mol. The van der Waals surface area contributed by atoms with E-state index in [4.69, 9.17) is 10.6 Å². The molecule has 0 atom stereocenters. The molecule has 3 rings (SSSR count). The van der Waals surface area contributed by atoms with E-state index in [-0.39, 0.29) is 6.10 Å². The van der Waals surface area contributed by atoms with E-state index in [1.165, 1.54) is 5.56 Å². The lowest BCUT2D eigenvalue weighted by molar-refractivity contribution is 0.0978. The van der Waals surface area contributed by atoms with E-state index in [0.717, 1.165) is 24.2 Å². The Labute approximate surface area is 119 Å². The molecule has 20 heavy (non-hydrogen) atoms. The van der Waals surface area contributed by atoms with Crippen LogP contribution in [-0.2, 0) is 0 Å². The fraction of sp³-hybridized carbons (Fsp3) is 0.312. The second-order valence-corrected chi connectivity index (χ2v) is 5.25. The van der Waals surface area contributed by atoms with Crippen LogP contribution in [0.25, 0.3) is 0 Å². The third kappa shape index (κ3) is 2.47. The zero-order chi connectivity index (χ0) is 13.9. The Kier molecular flexibility index (Phi) is 3.56. The number of hydrogen-bond donors (Lipinski definition) is 2. The van der Waals surface area contributed by atoms with Gasteiger partial charge >= 0.3 is 0 Å². The van der Waals surface area contributed by atoms with Crippen molar-refractivity contribution in [3.05, 3.63) is 53.7 Å². The van der Waals surface area contributed by atoms with Gasteiger partial charge < -0.3 is 10.2 Å². The van der Waals surface area contributed by atoms with Gasteiger partial charge in [-0.15, -0.1) is 0 Å². The van der Waals surface area contributed by atoms with Gasteiger partial charge in [0.15, 0.2) is 0 Å². The van der Waals surface area contributed by atoms with Gasteiger partial charge in [-0.3, -0.25) is 0 Å². The number of aromatic nitrogens is 1. The van der Waals surface area contributed by atoms with Gasteiger partial charge in [0.25, 0.3) is 0 Å². The Morgan fingerprint density at radius 3 is 2.65 bits per heavy atom. The second-order valence-electron chi connectivity index (χ2n) is 5.25. The largest absolute Gasteiger partial charge is 0.490 e. The number of nitrogens with two attached hydrogens (primary N) is 1. The Hall–Kier alpha value is -2.07. The molecule has 1 aliphatic carbocycles. The fourth-order valence-electron chi connectivity index (χ4n) is 2.63. The van der Waals surface area contributed by atoms with Gasteiger partial charge in [0.05, 0.1) is 6.10 Å². The van der Waals surface area contributed by atoms with Crippen LogP contribution in [0.3, 0.4) is 0 Å². The number of ether oxygens (including phenoxy) is 1. The molecular weight excluding hydrogens is 250 g/mol. The van der Waals surface area contributed by atoms with Crippen LogP contribution in [0.4, 0.5) is 5.82 Å². The number of anilines is 1. The molecule has 0 saturated heterocycles. The normalized spacial score (nSPS) is 21.1. The summed E-state index contributed by atoms with van der Waals surface area (Å²) >= 11 is 0. The number of benzene rings is 1. The maximum absolute atomic E-state index is 6.04. The van der Waals surface area contributed by atoms with Crippen molar-refractivity contribution >= 4 is 5.82 Å². The molecule has 1 aromatic carbocycles. The van der Waals surface area contributed by atoms with Crippen LogP contribution in [0.15, 0.2) is 42.6 Å². The monoisotopic (exact) mass is 269 g/mol. The van der Waals surface area contributed by atoms with Crippen molar-refractivity contribution in [2.75, 3.05) is 5.43 Å². The van der Waals surface area contributed by atoms with Crippen molar-refractivity contribution in [3.63, 3.8) is 0 Å². The summed E-state index contributed by atoms with van der Waals surface area (Å²) in [5, 5.41) is 0. The molecule has 1 aromatic heterocycles. The highest BCUT2D eigenvalue weighted by Crippen LogP contribution is 2.39. The fourth-order valence-corrected chi connectivity index (χ4v) is 2.63. The molecule has 0 radical (unpaired) electrons. The van der Waals surface area contributed by atoms with Crippen LogP contribution in [0.5, 0.6) is 5.75 Å². The maximum Gasteiger partial charge on any atom is 0.146 e. The first-order chi connectivity index (χ1) is 9.78. The second kappa shape index (κ2) is 5.51. The van der Waals surface area contributed by atoms with Crippen molar-refractivity contribution < 1.29 is 4.74 Å². The Morgan fingerprint density at radius 2 is 1.95 bits per heavy atom. The first-order valence-electron chi connectivity index (χ1n) is 6.91. The van der Waals surface area contributed by atoms with Gasteiger partial charge in [-0.1, -0.05) is 30.3 Å². The smallest absolute Gasteiger partial charge is 0.146 e. The molecule has 0 spiro atoms. The van der Waals surface area contributed by atoms with E-state index in [9.17, 15) is 0 Å². The minimum atomic E-state index is 0.284. The maximum atomic E-state index is 6.04. The van der Waals surface area contributed by atoms with E-state index in [1.807, 2.05) is 13.0 Å². The van der Waals surface area contributed by atoms with Crippen molar-refractivity contribution in [2.24, 2.45) is 5.84 Å². The van der Waals surface area contributed by atoms with E-state index in [2.05, 4.69) is 40.7 Å². The number of nitrogen functional groups attached to an aromatic ring is 1. The first-order valence-corrected chi connectivity index (χ1v) is 6.91. The van der Waals surface area contributed by atoms with Gasteiger partial charge in [-0.25, -0.2) is 10.8 Å². The quantitative estimate of drug-likeness (QED) is 0.661. The van der Waals surface area contributed by atoms with Gasteiger partial charge in [0.2, 0.25) is 0 Å². The predicted octanol–water partition coefficient (Wildman–Crippen LogP) is 3.00. The molecule has 1 saturated carbocycles. The molecular formula is C16H19N3O. The van der Waals surface area contributed by atoms with Crippen LogP contribution < -0.4 is 16.0 Å². The third-order valence-corrected chi connectivity index (χ3v) is 3.95. The molecule has 0 aliphatic heterocycles. The Balaban J connectivity index is 1.62. The minimum absolute atomic E-state index is 0.284. The lowest BCUT2D eigenvalue weighted by Crippen LogP contribution is -2.32. The molecule has 104 valence electrons. The number of nitrogens with zero attached hydrogens (tertiary/aromatic N) is 1. The third-order valence-electron chi connectivity index (χ3n) is 3.95. The number of nitrogens with one attached hydrogen (secondary N) is 1. The highest BCUT2D eigenvalue weighted by atomic mass is 16.5. The molecule has 0 unspecified atom stereocenters. The number of pyridine rings is 1. The summed E-state index contributed by atoms with van der Waals surface area (Å²) in [5.74, 6) is 7.58. The topological polar surface area (TPSA) is 60.2 Å². The minimum Gasteiger partial charge on any atom is -0.490 e. The molecule has 1 heterocycles. The van der Waals surface area contributed by atoms with Crippen LogP contribution in [0.1, 0.15) is 29.9 Å². The van der Waals surface area contributed by atoms with Gasteiger partial charge in [-0.05, 0) is 37.3 Å². The number of hydrogen-bond acceptors (Lipinski definition) is 4. The molecule has 0 amide bonds. The highest BCUT2D eigenvalue weighted by Gasteiger charge is 2.32. The summed E-state index contributed by atoms with van der Waals surface area (Å²) in [7, 11) is 0. The van der Waals surface area contributed by atoms with Crippen molar-refractivity contribution in [1.29, 1.82) is 0 Å². The first kappa shape index (κ1) is 12.9. The van der Waals surface area contributed by atoms with Gasteiger partial charge in [-0.2, -0.15) is 0 Å². The zero-order valence-electron chi connectivity index (χ0n) is 11.5. The van der Waals surface area contributed by atoms with E-state index in [1.54, 1.807) is 6.20 Å². The number of hydrazine groups is 1. The molecule has 1 aliphatic rings. The summed E-state index contributed by atoms with van der Waals surface area (Å²) in [6.07, 6.45) is 4.13. The predicted molar refractivity (Wildman–Crippen MR) is 79.6 cm³/mol. The van der Waals surface area contributed by atoms with Crippen LogP contribution >= 0.6 is 0 Å². The summed E-state index contributed by atoms with van der Waals surface area (Å²) in [6.45, 7) is 1.96. The van der Waals surface area contributed by atoms with E-state index < -0.39 is 0 Å². The summed E-state index contributed by atoms with van der Waals surface area (Å²) < 4.78 is 6.04. The molecule has 0 bridgehead atoms. The van der Waals surface area contributed by atoms with E-state index in [0.29, 0.717) is 11.7 Å². The molecule has 1 fully saturated rings. The lowest BCUT2D eigenvalue weighted by atomic mass is 9.77. The molecule has 2 aromatic rings. The molecule has 4 nitrogen and oxygen atoms in total.